The fraction of sp³-hybridized carbons (Fsp3) is 0.125. The molecule has 1 aromatic heterocycles. The van der Waals surface area contributed by atoms with Gasteiger partial charge in [-0.3, -0.25) is 0 Å². The van der Waals surface area contributed by atoms with E-state index in [2.05, 4.69) is 26.1 Å². The Bertz CT molecular complexity index is 756. The van der Waals surface area contributed by atoms with Gasteiger partial charge in [0.15, 0.2) is 6.61 Å². The van der Waals surface area contributed by atoms with Crippen molar-refractivity contribution < 1.29 is 14.0 Å². The van der Waals surface area contributed by atoms with Crippen molar-refractivity contribution in [2.75, 3.05) is 7.11 Å². The van der Waals surface area contributed by atoms with Gasteiger partial charge in [-0.15, -0.1) is 0 Å². The minimum Gasteiger partial charge on any atom is -0.497 e. The molecule has 0 aliphatic heterocycles. The van der Waals surface area contributed by atoms with Gasteiger partial charge in [-0.2, -0.15) is 4.98 Å². The first kappa shape index (κ1) is 14.6. The highest BCUT2D eigenvalue weighted by molar-refractivity contribution is 9.10. The molecule has 0 aliphatic carbocycles. The number of aromatic nitrogens is 2. The van der Waals surface area contributed by atoms with Gasteiger partial charge in [-0.25, -0.2) is 0 Å². The summed E-state index contributed by atoms with van der Waals surface area (Å²) < 4.78 is 16.9. The van der Waals surface area contributed by atoms with E-state index < -0.39 is 0 Å². The maximum atomic E-state index is 5.60. The van der Waals surface area contributed by atoms with Gasteiger partial charge in [0.05, 0.1) is 7.11 Å². The second-order valence-electron chi connectivity index (χ2n) is 4.49. The zero-order valence-corrected chi connectivity index (χ0v) is 13.4. The highest BCUT2D eigenvalue weighted by Gasteiger charge is 2.09. The lowest BCUT2D eigenvalue weighted by Crippen LogP contribution is -1.95. The van der Waals surface area contributed by atoms with Crippen LogP contribution in [0.5, 0.6) is 11.5 Å². The predicted molar refractivity (Wildman–Crippen MR) is 84.8 cm³/mol. The SMILES string of the molecule is COc1ccc(OCc2nc(-c3cccc(Br)c3)no2)cc1. The summed E-state index contributed by atoms with van der Waals surface area (Å²) in [5.74, 6) is 2.45. The Balaban J connectivity index is 1.66. The van der Waals surface area contributed by atoms with Gasteiger partial charge in [0.1, 0.15) is 11.5 Å². The van der Waals surface area contributed by atoms with Crippen LogP contribution in [0, 0.1) is 0 Å². The zero-order chi connectivity index (χ0) is 15.4. The minimum absolute atomic E-state index is 0.216. The van der Waals surface area contributed by atoms with Crippen LogP contribution >= 0.6 is 15.9 Å². The Morgan fingerprint density at radius 1 is 1.09 bits per heavy atom. The quantitative estimate of drug-likeness (QED) is 0.685. The Kier molecular flexibility index (Phi) is 4.39. The van der Waals surface area contributed by atoms with Gasteiger partial charge in [0.2, 0.25) is 5.82 Å². The molecule has 6 heteroatoms. The van der Waals surface area contributed by atoms with Crippen molar-refractivity contribution in [3.63, 3.8) is 0 Å². The van der Waals surface area contributed by atoms with Gasteiger partial charge < -0.3 is 14.0 Å². The Hall–Kier alpha value is -2.34. The number of hydrogen-bond donors (Lipinski definition) is 0. The summed E-state index contributed by atoms with van der Waals surface area (Å²) in [5, 5.41) is 3.96. The van der Waals surface area contributed by atoms with Crippen LogP contribution in [0.25, 0.3) is 11.4 Å². The van der Waals surface area contributed by atoms with E-state index in [4.69, 9.17) is 14.0 Å². The average Bonchev–Trinajstić information content (AvgIpc) is 3.02. The van der Waals surface area contributed by atoms with E-state index in [1.54, 1.807) is 7.11 Å². The molecule has 0 bridgehead atoms. The number of rotatable bonds is 5. The third-order valence-corrected chi connectivity index (χ3v) is 3.47. The molecule has 0 spiro atoms. The molecular formula is C16H13BrN2O3. The van der Waals surface area contributed by atoms with Gasteiger partial charge >= 0.3 is 0 Å². The molecule has 0 N–H and O–H groups in total. The Labute approximate surface area is 136 Å². The monoisotopic (exact) mass is 360 g/mol. The summed E-state index contributed by atoms with van der Waals surface area (Å²) in [6, 6.07) is 15.0. The lowest BCUT2D eigenvalue weighted by molar-refractivity contribution is 0.242. The van der Waals surface area contributed by atoms with Crippen LogP contribution in [0.4, 0.5) is 0 Å². The van der Waals surface area contributed by atoms with Crippen LogP contribution in [0.15, 0.2) is 57.5 Å². The van der Waals surface area contributed by atoms with E-state index in [-0.39, 0.29) is 6.61 Å². The fourth-order valence-electron chi connectivity index (χ4n) is 1.88. The van der Waals surface area contributed by atoms with E-state index in [1.807, 2.05) is 48.5 Å². The van der Waals surface area contributed by atoms with E-state index >= 15 is 0 Å². The summed E-state index contributed by atoms with van der Waals surface area (Å²) in [4.78, 5) is 4.32. The topological polar surface area (TPSA) is 57.4 Å². The summed E-state index contributed by atoms with van der Waals surface area (Å²) in [5.41, 5.74) is 0.883. The number of methoxy groups -OCH3 is 1. The van der Waals surface area contributed by atoms with Crippen molar-refractivity contribution in [1.29, 1.82) is 0 Å². The summed E-state index contributed by atoms with van der Waals surface area (Å²) in [6.07, 6.45) is 0. The normalized spacial score (nSPS) is 10.5. The van der Waals surface area contributed by atoms with Crippen molar-refractivity contribution in [3.05, 3.63) is 58.9 Å². The highest BCUT2D eigenvalue weighted by atomic mass is 79.9. The summed E-state index contributed by atoms with van der Waals surface area (Å²) in [6.45, 7) is 0.216. The van der Waals surface area contributed by atoms with E-state index in [1.165, 1.54) is 0 Å². The number of nitrogens with zero attached hydrogens (tertiary/aromatic N) is 2. The second-order valence-corrected chi connectivity index (χ2v) is 5.40. The second kappa shape index (κ2) is 6.62. The number of ether oxygens (including phenoxy) is 2. The van der Waals surface area contributed by atoms with Crippen molar-refractivity contribution >= 4 is 15.9 Å². The van der Waals surface area contributed by atoms with Crippen molar-refractivity contribution in [2.24, 2.45) is 0 Å². The third kappa shape index (κ3) is 3.46. The van der Waals surface area contributed by atoms with Gasteiger partial charge in [-0.05, 0) is 36.4 Å². The molecule has 0 saturated carbocycles. The molecule has 1 heterocycles. The summed E-state index contributed by atoms with van der Waals surface area (Å²) >= 11 is 3.42. The molecule has 2 aromatic carbocycles. The molecule has 0 atom stereocenters. The van der Waals surface area contributed by atoms with Crippen LogP contribution in [-0.2, 0) is 6.61 Å². The van der Waals surface area contributed by atoms with Gasteiger partial charge in [0.25, 0.3) is 5.89 Å². The van der Waals surface area contributed by atoms with Crippen molar-refractivity contribution in [2.45, 2.75) is 6.61 Å². The molecule has 0 unspecified atom stereocenters. The molecule has 22 heavy (non-hydrogen) atoms. The van der Waals surface area contributed by atoms with Gasteiger partial charge in [-0.1, -0.05) is 33.2 Å². The van der Waals surface area contributed by atoms with Crippen LogP contribution < -0.4 is 9.47 Å². The maximum absolute atomic E-state index is 5.60. The molecule has 0 fully saturated rings. The first-order chi connectivity index (χ1) is 10.7. The molecular weight excluding hydrogens is 348 g/mol. The predicted octanol–water partition coefficient (Wildman–Crippen LogP) is 4.09. The van der Waals surface area contributed by atoms with Crippen molar-refractivity contribution in [1.82, 2.24) is 10.1 Å². The van der Waals surface area contributed by atoms with E-state index in [9.17, 15) is 0 Å². The Morgan fingerprint density at radius 3 is 2.59 bits per heavy atom. The molecule has 0 radical (unpaired) electrons. The Morgan fingerprint density at radius 2 is 1.86 bits per heavy atom. The lowest BCUT2D eigenvalue weighted by Gasteiger charge is -2.04. The first-order valence-corrected chi connectivity index (χ1v) is 7.39. The van der Waals surface area contributed by atoms with Crippen molar-refractivity contribution in [3.8, 4) is 22.9 Å². The number of halogens is 1. The fourth-order valence-corrected chi connectivity index (χ4v) is 2.27. The molecule has 0 amide bonds. The standard InChI is InChI=1S/C16H13BrN2O3/c1-20-13-5-7-14(8-6-13)21-10-15-18-16(19-22-15)11-3-2-4-12(17)9-11/h2-9H,10H2,1H3. The molecule has 3 aromatic rings. The summed E-state index contributed by atoms with van der Waals surface area (Å²) in [7, 11) is 1.62. The van der Waals surface area contributed by atoms with Crippen LogP contribution in [-0.4, -0.2) is 17.3 Å². The van der Waals surface area contributed by atoms with E-state index in [0.717, 1.165) is 15.8 Å². The highest BCUT2D eigenvalue weighted by Crippen LogP contribution is 2.21. The minimum atomic E-state index is 0.216. The molecule has 0 aliphatic rings. The van der Waals surface area contributed by atoms with Crippen LogP contribution in [0.2, 0.25) is 0 Å². The third-order valence-electron chi connectivity index (χ3n) is 2.97. The first-order valence-electron chi connectivity index (χ1n) is 6.60. The van der Waals surface area contributed by atoms with Crippen LogP contribution in [0.3, 0.4) is 0 Å². The molecule has 0 saturated heterocycles. The van der Waals surface area contributed by atoms with E-state index in [0.29, 0.717) is 17.5 Å². The lowest BCUT2D eigenvalue weighted by atomic mass is 10.2. The molecule has 3 rings (SSSR count). The maximum Gasteiger partial charge on any atom is 0.264 e. The van der Waals surface area contributed by atoms with Crippen LogP contribution in [0.1, 0.15) is 5.89 Å². The smallest absolute Gasteiger partial charge is 0.264 e. The average molecular weight is 361 g/mol. The number of hydrogen-bond acceptors (Lipinski definition) is 5. The molecule has 112 valence electrons. The number of benzene rings is 2. The zero-order valence-electron chi connectivity index (χ0n) is 11.8. The molecule has 5 nitrogen and oxygen atoms in total. The van der Waals surface area contributed by atoms with Gasteiger partial charge in [0, 0.05) is 10.0 Å². The largest absolute Gasteiger partial charge is 0.497 e.